The number of nitriles is 1. The molecule has 6 heteroatoms. The van der Waals surface area contributed by atoms with Crippen LogP contribution < -0.4 is 4.74 Å². The molecule has 2 aromatic carbocycles. The fourth-order valence-electron chi connectivity index (χ4n) is 2.81. The molecule has 0 atom stereocenters. The first-order valence-electron chi connectivity index (χ1n) is 8.86. The van der Waals surface area contributed by atoms with Gasteiger partial charge in [0.25, 0.3) is 0 Å². The summed E-state index contributed by atoms with van der Waals surface area (Å²) in [6, 6.07) is 15.5. The van der Waals surface area contributed by atoms with E-state index in [1.807, 2.05) is 41.2 Å². The van der Waals surface area contributed by atoms with E-state index in [1.165, 1.54) is 0 Å². The predicted octanol–water partition coefficient (Wildman–Crippen LogP) is 5.48. The largest absolute Gasteiger partial charge is 0.467 e. The molecule has 0 bridgehead atoms. The number of ether oxygens (including phenoxy) is 2. The average Bonchev–Trinajstić information content (AvgIpc) is 3.17. The molecule has 5 nitrogen and oxygen atoms in total. The molecule has 144 valence electrons. The van der Waals surface area contributed by atoms with Crippen molar-refractivity contribution in [1.29, 1.82) is 5.26 Å². The maximum atomic E-state index is 9.36. The molecule has 28 heavy (non-hydrogen) atoms. The summed E-state index contributed by atoms with van der Waals surface area (Å²) in [5.41, 5.74) is 3.84. The molecule has 0 unspecified atom stereocenters. The maximum Gasteiger partial charge on any atom is 0.188 e. The normalized spacial score (nSPS) is 11.3. The van der Waals surface area contributed by atoms with E-state index in [0.29, 0.717) is 16.3 Å². The maximum absolute atomic E-state index is 9.36. The first-order chi connectivity index (χ1) is 13.3. The summed E-state index contributed by atoms with van der Waals surface area (Å²) in [6.07, 6.45) is 1.98. The molecule has 0 aliphatic heterocycles. The Hall–Kier alpha value is -2.81. The second-order valence-corrected chi connectivity index (χ2v) is 7.80. The number of benzene rings is 2. The molecule has 0 saturated carbocycles. The fraction of sp³-hybridized carbons (Fsp3) is 0.273. The molecule has 3 aromatic rings. The van der Waals surface area contributed by atoms with E-state index in [1.54, 1.807) is 19.2 Å². The zero-order chi connectivity index (χ0) is 20.3. The van der Waals surface area contributed by atoms with Crippen molar-refractivity contribution < 1.29 is 9.47 Å². The van der Waals surface area contributed by atoms with E-state index in [9.17, 15) is 5.26 Å². The van der Waals surface area contributed by atoms with Crippen molar-refractivity contribution in [1.82, 2.24) is 9.78 Å². The molecule has 0 radical (unpaired) electrons. The van der Waals surface area contributed by atoms with Crippen LogP contribution in [-0.4, -0.2) is 23.7 Å². The lowest BCUT2D eigenvalue weighted by molar-refractivity contribution is 0.0515. The number of aromatic nitrogens is 2. The number of hydrogen-bond acceptors (Lipinski definition) is 4. The van der Waals surface area contributed by atoms with Crippen LogP contribution >= 0.6 is 11.6 Å². The monoisotopic (exact) mass is 395 g/mol. The van der Waals surface area contributed by atoms with Gasteiger partial charge in [-0.15, -0.1) is 0 Å². The number of rotatable bonds is 5. The summed E-state index contributed by atoms with van der Waals surface area (Å²) < 4.78 is 12.6. The zero-order valence-corrected chi connectivity index (χ0v) is 17.1. The van der Waals surface area contributed by atoms with E-state index >= 15 is 0 Å². The lowest BCUT2D eigenvalue weighted by Crippen LogP contribution is -2.22. The summed E-state index contributed by atoms with van der Waals surface area (Å²) in [6.45, 7) is 6.41. The SMILES string of the molecule is COCOc1cc(Cl)c(C#N)cc1-c1cccc(-c2ccn(C(C)(C)C)n2)c1. The number of methoxy groups -OCH3 is 1. The highest BCUT2D eigenvalue weighted by Crippen LogP contribution is 2.36. The summed E-state index contributed by atoms with van der Waals surface area (Å²) in [5.74, 6) is 0.559. The molecule has 1 heterocycles. The van der Waals surface area contributed by atoms with Gasteiger partial charge in [0.15, 0.2) is 6.79 Å². The first-order valence-corrected chi connectivity index (χ1v) is 9.23. The highest BCUT2D eigenvalue weighted by Gasteiger charge is 2.16. The Balaban J connectivity index is 2.06. The third-order valence-corrected chi connectivity index (χ3v) is 4.58. The van der Waals surface area contributed by atoms with Crippen molar-refractivity contribution in [2.45, 2.75) is 26.3 Å². The lowest BCUT2D eigenvalue weighted by atomic mass is 9.99. The van der Waals surface area contributed by atoms with Crippen molar-refractivity contribution in [2.24, 2.45) is 0 Å². The van der Waals surface area contributed by atoms with Gasteiger partial charge in [-0.1, -0.05) is 29.8 Å². The van der Waals surface area contributed by atoms with Crippen LogP contribution in [0.2, 0.25) is 5.02 Å². The van der Waals surface area contributed by atoms with Crippen LogP contribution in [0.5, 0.6) is 5.75 Å². The highest BCUT2D eigenvalue weighted by molar-refractivity contribution is 6.32. The van der Waals surface area contributed by atoms with E-state index in [-0.39, 0.29) is 12.3 Å². The number of hydrogen-bond donors (Lipinski definition) is 0. The van der Waals surface area contributed by atoms with E-state index in [4.69, 9.17) is 26.2 Å². The molecule has 0 amide bonds. The van der Waals surface area contributed by atoms with Gasteiger partial charge < -0.3 is 9.47 Å². The van der Waals surface area contributed by atoms with Crippen molar-refractivity contribution >= 4 is 11.6 Å². The van der Waals surface area contributed by atoms with Gasteiger partial charge in [-0.25, -0.2) is 0 Å². The fourth-order valence-corrected chi connectivity index (χ4v) is 3.00. The third-order valence-electron chi connectivity index (χ3n) is 4.27. The lowest BCUT2D eigenvalue weighted by Gasteiger charge is -2.18. The molecule has 0 aliphatic carbocycles. The summed E-state index contributed by atoms with van der Waals surface area (Å²) in [7, 11) is 1.55. The molecular weight excluding hydrogens is 374 g/mol. The second-order valence-electron chi connectivity index (χ2n) is 7.39. The minimum absolute atomic E-state index is 0.0882. The van der Waals surface area contributed by atoms with Gasteiger partial charge in [-0.3, -0.25) is 4.68 Å². The van der Waals surface area contributed by atoms with Crippen LogP contribution in [0.3, 0.4) is 0 Å². The molecule has 0 spiro atoms. The average molecular weight is 396 g/mol. The van der Waals surface area contributed by atoms with Gasteiger partial charge in [0.2, 0.25) is 0 Å². The number of nitrogens with zero attached hydrogens (tertiary/aromatic N) is 3. The summed E-state index contributed by atoms with van der Waals surface area (Å²) in [4.78, 5) is 0. The van der Waals surface area contributed by atoms with Crippen LogP contribution in [0.15, 0.2) is 48.7 Å². The Kier molecular flexibility index (Phi) is 5.73. The van der Waals surface area contributed by atoms with Crippen LogP contribution in [0, 0.1) is 11.3 Å². The van der Waals surface area contributed by atoms with E-state index in [0.717, 1.165) is 22.4 Å². The highest BCUT2D eigenvalue weighted by atomic mass is 35.5. The van der Waals surface area contributed by atoms with Crippen LogP contribution in [0.4, 0.5) is 0 Å². The topological polar surface area (TPSA) is 60.1 Å². The molecule has 1 aromatic heterocycles. The number of halogens is 1. The molecule has 0 N–H and O–H groups in total. The Morgan fingerprint density at radius 2 is 1.89 bits per heavy atom. The molecule has 3 rings (SSSR count). The zero-order valence-electron chi connectivity index (χ0n) is 16.4. The smallest absolute Gasteiger partial charge is 0.188 e. The first kappa shape index (κ1) is 19.9. The standard InChI is InChI=1S/C22H22ClN3O2/c1-22(2,3)26-9-8-20(25-26)16-7-5-6-15(10-16)18-11-17(13-24)19(23)12-21(18)28-14-27-4/h5-12H,14H2,1-4H3. The van der Waals surface area contributed by atoms with Gasteiger partial charge in [-0.2, -0.15) is 10.4 Å². The molecule has 0 saturated heterocycles. The predicted molar refractivity (Wildman–Crippen MR) is 110 cm³/mol. The van der Waals surface area contributed by atoms with E-state index in [2.05, 4.69) is 26.8 Å². The van der Waals surface area contributed by atoms with Crippen LogP contribution in [-0.2, 0) is 10.3 Å². The summed E-state index contributed by atoms with van der Waals surface area (Å²) >= 11 is 6.18. The van der Waals surface area contributed by atoms with Crippen molar-refractivity contribution in [3.8, 4) is 34.2 Å². The third kappa shape index (κ3) is 4.19. The van der Waals surface area contributed by atoms with Crippen molar-refractivity contribution in [2.75, 3.05) is 13.9 Å². The van der Waals surface area contributed by atoms with Gasteiger partial charge in [-0.05, 0) is 44.5 Å². The Morgan fingerprint density at radius 1 is 1.14 bits per heavy atom. The molecular formula is C22H22ClN3O2. The Labute approximate surface area is 170 Å². The summed E-state index contributed by atoms with van der Waals surface area (Å²) in [5, 5.41) is 14.4. The quantitative estimate of drug-likeness (QED) is 0.536. The van der Waals surface area contributed by atoms with Crippen LogP contribution in [0.25, 0.3) is 22.4 Å². The Bertz CT molecular complexity index is 1030. The Morgan fingerprint density at radius 3 is 2.54 bits per heavy atom. The van der Waals surface area contributed by atoms with Gasteiger partial charge in [0.1, 0.15) is 11.8 Å². The molecule has 0 fully saturated rings. The minimum Gasteiger partial charge on any atom is -0.467 e. The van der Waals surface area contributed by atoms with Gasteiger partial charge in [0, 0.05) is 30.5 Å². The second kappa shape index (κ2) is 8.05. The van der Waals surface area contributed by atoms with E-state index < -0.39 is 0 Å². The minimum atomic E-state index is -0.0884. The van der Waals surface area contributed by atoms with Crippen molar-refractivity contribution in [3.05, 3.63) is 59.2 Å². The van der Waals surface area contributed by atoms with Gasteiger partial charge in [0.05, 0.1) is 21.8 Å². The van der Waals surface area contributed by atoms with Crippen molar-refractivity contribution in [3.63, 3.8) is 0 Å². The molecule has 0 aliphatic rings. The van der Waals surface area contributed by atoms with Gasteiger partial charge >= 0.3 is 0 Å². The van der Waals surface area contributed by atoms with Crippen LogP contribution in [0.1, 0.15) is 26.3 Å².